The summed E-state index contributed by atoms with van der Waals surface area (Å²) in [6.07, 6.45) is 5.64. The number of nitrogens with zero attached hydrogens (tertiary/aromatic N) is 1. The van der Waals surface area contributed by atoms with E-state index in [1.54, 1.807) is 23.5 Å². The Hall–Kier alpha value is -1.74. The van der Waals surface area contributed by atoms with Crippen LogP contribution in [-0.2, 0) is 0 Å². The summed E-state index contributed by atoms with van der Waals surface area (Å²) in [5.41, 5.74) is 2.70. The van der Waals surface area contributed by atoms with E-state index in [-0.39, 0.29) is 5.43 Å². The Bertz CT molecular complexity index is 755. The van der Waals surface area contributed by atoms with Crippen LogP contribution in [0.5, 0.6) is 0 Å². The number of fused-ring (bicyclic) bond motifs is 1. The SMILES string of the molecule is C=C/C=c1/nc2c(C)cc(=O)c(C)c-2s/c1=C/C. The van der Waals surface area contributed by atoms with Gasteiger partial charge in [0.05, 0.1) is 15.9 Å². The minimum atomic E-state index is 0.0838. The molecule has 0 amide bonds. The fraction of sp³-hybridized carbons (Fsp3) is 0.200. The fourth-order valence-corrected chi connectivity index (χ4v) is 2.99. The first kappa shape index (κ1) is 12.7. The number of benzene rings is 1. The normalized spacial score (nSPS) is 13.3. The van der Waals surface area contributed by atoms with E-state index in [4.69, 9.17) is 0 Å². The minimum absolute atomic E-state index is 0.0838. The molecule has 0 spiro atoms. The van der Waals surface area contributed by atoms with Crippen molar-refractivity contribution in [3.63, 3.8) is 0 Å². The lowest BCUT2D eigenvalue weighted by Gasteiger charge is -2.09. The van der Waals surface area contributed by atoms with Crippen molar-refractivity contribution in [2.24, 2.45) is 0 Å². The van der Waals surface area contributed by atoms with E-state index in [2.05, 4.69) is 11.6 Å². The van der Waals surface area contributed by atoms with Gasteiger partial charge in [-0.2, -0.15) is 0 Å². The van der Waals surface area contributed by atoms with Crippen molar-refractivity contribution in [1.29, 1.82) is 0 Å². The Kier molecular flexibility index (Phi) is 3.43. The van der Waals surface area contributed by atoms with Crippen molar-refractivity contribution in [3.8, 4) is 10.6 Å². The van der Waals surface area contributed by atoms with Crippen LogP contribution < -0.4 is 15.3 Å². The van der Waals surface area contributed by atoms with Crippen LogP contribution >= 0.6 is 11.3 Å². The summed E-state index contributed by atoms with van der Waals surface area (Å²) < 4.78 is 1.07. The van der Waals surface area contributed by atoms with Gasteiger partial charge in [0.15, 0.2) is 5.43 Å². The Morgan fingerprint density at radius 2 is 2.11 bits per heavy atom. The molecule has 1 heterocycles. The number of rotatable bonds is 1. The van der Waals surface area contributed by atoms with Crippen molar-refractivity contribution in [2.75, 3.05) is 0 Å². The summed E-state index contributed by atoms with van der Waals surface area (Å²) in [7, 11) is 0. The first-order valence-electron chi connectivity index (χ1n) is 5.78. The zero-order valence-corrected chi connectivity index (χ0v) is 11.6. The average Bonchev–Trinajstić information content (AvgIpc) is 2.36. The van der Waals surface area contributed by atoms with Gasteiger partial charge < -0.3 is 0 Å². The molecule has 18 heavy (non-hydrogen) atoms. The maximum absolute atomic E-state index is 11.8. The summed E-state index contributed by atoms with van der Waals surface area (Å²) in [4.78, 5) is 17.4. The molecule has 92 valence electrons. The van der Waals surface area contributed by atoms with Crippen LogP contribution in [0.25, 0.3) is 22.7 Å². The second-order valence-corrected chi connectivity index (χ2v) is 5.20. The van der Waals surface area contributed by atoms with Crippen molar-refractivity contribution >= 4 is 23.5 Å². The Morgan fingerprint density at radius 1 is 1.39 bits per heavy atom. The molecule has 0 fully saturated rings. The number of aryl methyl sites for hydroxylation is 1. The Balaban J connectivity index is 3.07. The van der Waals surface area contributed by atoms with E-state index in [1.165, 1.54) is 0 Å². The molecule has 0 atom stereocenters. The monoisotopic (exact) mass is 257 g/mol. The van der Waals surface area contributed by atoms with Crippen LogP contribution in [0.4, 0.5) is 0 Å². The molecule has 0 bridgehead atoms. The van der Waals surface area contributed by atoms with Gasteiger partial charge in [0.1, 0.15) is 0 Å². The Labute approximate surface area is 110 Å². The fourth-order valence-electron chi connectivity index (χ4n) is 1.88. The molecule has 2 aliphatic rings. The van der Waals surface area contributed by atoms with Gasteiger partial charge in [-0.25, -0.2) is 4.98 Å². The molecular formula is C15H15NOS. The first-order valence-corrected chi connectivity index (χ1v) is 6.60. The highest BCUT2D eigenvalue weighted by Gasteiger charge is 2.13. The predicted octanol–water partition coefficient (Wildman–Crippen LogP) is 1.99. The van der Waals surface area contributed by atoms with Gasteiger partial charge >= 0.3 is 0 Å². The molecule has 0 N–H and O–H groups in total. The maximum atomic E-state index is 11.8. The summed E-state index contributed by atoms with van der Waals surface area (Å²) in [5, 5.41) is 0.908. The maximum Gasteiger partial charge on any atom is 0.183 e. The molecule has 0 unspecified atom stereocenters. The van der Waals surface area contributed by atoms with Gasteiger partial charge in [0, 0.05) is 10.1 Å². The predicted molar refractivity (Wildman–Crippen MR) is 78.5 cm³/mol. The molecular weight excluding hydrogens is 242 g/mol. The Morgan fingerprint density at radius 3 is 2.72 bits per heavy atom. The van der Waals surface area contributed by atoms with E-state index in [1.807, 2.05) is 32.9 Å². The van der Waals surface area contributed by atoms with Crippen molar-refractivity contribution in [3.05, 3.63) is 50.0 Å². The molecule has 0 saturated heterocycles. The summed E-state index contributed by atoms with van der Waals surface area (Å²) >= 11 is 1.61. The standard InChI is InChI=1S/C15H15NOS/c1-5-7-11-13(6-2)18-15-10(4)12(17)8-9(3)14(15)16-11/h5-8H,1H2,2-4H3/b11-7+,13-6+. The van der Waals surface area contributed by atoms with Crippen LogP contribution in [0.2, 0.25) is 0 Å². The van der Waals surface area contributed by atoms with Crippen molar-refractivity contribution < 1.29 is 0 Å². The second kappa shape index (κ2) is 4.86. The van der Waals surface area contributed by atoms with E-state index >= 15 is 0 Å². The van der Waals surface area contributed by atoms with Crippen molar-refractivity contribution in [2.45, 2.75) is 20.8 Å². The molecule has 0 aromatic heterocycles. The number of hydrogen-bond donors (Lipinski definition) is 0. The van der Waals surface area contributed by atoms with Crippen molar-refractivity contribution in [1.82, 2.24) is 4.98 Å². The van der Waals surface area contributed by atoms with Gasteiger partial charge in [-0.15, -0.1) is 11.3 Å². The van der Waals surface area contributed by atoms with Crippen LogP contribution in [0.1, 0.15) is 18.1 Å². The highest BCUT2D eigenvalue weighted by molar-refractivity contribution is 7.13. The molecule has 0 aromatic rings. The van der Waals surface area contributed by atoms with Gasteiger partial charge in [0.25, 0.3) is 0 Å². The lowest BCUT2D eigenvalue weighted by molar-refractivity contribution is 1.21. The lowest BCUT2D eigenvalue weighted by Crippen LogP contribution is -2.28. The highest BCUT2D eigenvalue weighted by atomic mass is 32.1. The third-order valence-corrected chi connectivity index (χ3v) is 4.25. The molecule has 0 radical (unpaired) electrons. The number of hydrogen-bond acceptors (Lipinski definition) is 3. The zero-order valence-electron chi connectivity index (χ0n) is 10.8. The quantitative estimate of drug-likeness (QED) is 0.782. The molecule has 2 nitrogen and oxygen atoms in total. The molecule has 2 rings (SSSR count). The largest absolute Gasteiger partial charge is 0.290 e. The van der Waals surface area contributed by atoms with Crippen LogP contribution in [0.15, 0.2) is 23.5 Å². The number of aromatic nitrogens is 1. The summed E-state index contributed by atoms with van der Waals surface area (Å²) in [6.45, 7) is 9.47. The van der Waals surface area contributed by atoms with Gasteiger partial charge in [-0.3, -0.25) is 4.79 Å². The van der Waals surface area contributed by atoms with Gasteiger partial charge in [-0.05, 0) is 38.5 Å². The summed E-state index contributed by atoms with van der Waals surface area (Å²) in [5.74, 6) is 0. The van der Waals surface area contributed by atoms with E-state index in [0.29, 0.717) is 0 Å². The third kappa shape index (κ3) is 2.02. The van der Waals surface area contributed by atoms with Crippen LogP contribution in [0, 0.1) is 13.8 Å². The second-order valence-electron chi connectivity index (χ2n) is 4.15. The van der Waals surface area contributed by atoms with Crippen LogP contribution in [0.3, 0.4) is 0 Å². The molecule has 0 aromatic carbocycles. The lowest BCUT2D eigenvalue weighted by atomic mass is 10.1. The highest BCUT2D eigenvalue weighted by Crippen LogP contribution is 2.24. The van der Waals surface area contributed by atoms with E-state index < -0.39 is 0 Å². The number of allylic oxidation sites excluding steroid dienone is 1. The molecule has 1 aliphatic carbocycles. The molecule has 0 saturated carbocycles. The topological polar surface area (TPSA) is 30.0 Å². The van der Waals surface area contributed by atoms with E-state index in [0.717, 1.165) is 31.6 Å². The minimum Gasteiger partial charge on any atom is -0.290 e. The van der Waals surface area contributed by atoms with Gasteiger partial charge in [-0.1, -0.05) is 18.7 Å². The first-order chi connectivity index (χ1) is 8.58. The van der Waals surface area contributed by atoms with Gasteiger partial charge in [0.2, 0.25) is 0 Å². The third-order valence-electron chi connectivity index (χ3n) is 2.88. The van der Waals surface area contributed by atoms with E-state index in [9.17, 15) is 4.79 Å². The van der Waals surface area contributed by atoms with Crippen LogP contribution in [-0.4, -0.2) is 4.98 Å². The average molecular weight is 257 g/mol. The smallest absolute Gasteiger partial charge is 0.183 e. The molecule has 3 heteroatoms. The molecule has 1 aliphatic heterocycles. The summed E-state index contributed by atoms with van der Waals surface area (Å²) in [6, 6.07) is 1.66. The zero-order chi connectivity index (χ0) is 13.3.